The lowest BCUT2D eigenvalue weighted by Gasteiger charge is -2.11. The van der Waals surface area contributed by atoms with E-state index in [9.17, 15) is 9.59 Å². The molecule has 3 rings (SSSR count). The van der Waals surface area contributed by atoms with Gasteiger partial charge in [0.25, 0.3) is 5.91 Å². The van der Waals surface area contributed by atoms with Crippen LogP contribution in [-0.2, 0) is 4.74 Å². The summed E-state index contributed by atoms with van der Waals surface area (Å²) in [6.45, 7) is 3.85. The Balaban J connectivity index is 1.79. The van der Waals surface area contributed by atoms with E-state index >= 15 is 0 Å². The lowest BCUT2D eigenvalue weighted by molar-refractivity contribution is 0.0525. The number of hydrogen-bond acceptors (Lipinski definition) is 6. The van der Waals surface area contributed by atoms with Crippen molar-refractivity contribution in [1.82, 2.24) is 9.78 Å². The molecule has 0 aliphatic carbocycles. The van der Waals surface area contributed by atoms with Crippen LogP contribution in [0.25, 0.3) is 5.69 Å². The van der Waals surface area contributed by atoms with Crippen LogP contribution in [0.1, 0.15) is 33.3 Å². The van der Waals surface area contributed by atoms with Crippen molar-refractivity contribution in [3.63, 3.8) is 0 Å². The Hall–Kier alpha value is -3.81. The number of amides is 1. The van der Waals surface area contributed by atoms with E-state index in [4.69, 9.17) is 14.2 Å². The van der Waals surface area contributed by atoms with Crippen molar-refractivity contribution in [2.24, 2.45) is 0 Å². The molecule has 2 aromatic carbocycles. The van der Waals surface area contributed by atoms with E-state index in [-0.39, 0.29) is 5.91 Å². The zero-order valence-corrected chi connectivity index (χ0v) is 17.3. The van der Waals surface area contributed by atoms with Crippen LogP contribution in [0, 0.1) is 6.92 Å². The van der Waals surface area contributed by atoms with E-state index in [1.807, 2.05) is 0 Å². The molecule has 0 unspecified atom stereocenters. The van der Waals surface area contributed by atoms with Crippen molar-refractivity contribution in [1.29, 1.82) is 0 Å². The lowest BCUT2D eigenvalue weighted by atomic mass is 10.1. The summed E-state index contributed by atoms with van der Waals surface area (Å²) < 4.78 is 17.1. The number of anilines is 1. The van der Waals surface area contributed by atoms with Crippen LogP contribution in [0.4, 0.5) is 5.69 Å². The molecule has 0 bridgehead atoms. The number of nitrogens with one attached hydrogen (secondary N) is 1. The molecule has 0 saturated heterocycles. The second-order valence-corrected chi connectivity index (χ2v) is 6.34. The van der Waals surface area contributed by atoms with Gasteiger partial charge in [0.1, 0.15) is 17.1 Å². The number of carbonyl (C=O) groups is 2. The highest BCUT2D eigenvalue weighted by Crippen LogP contribution is 2.25. The second kappa shape index (κ2) is 9.13. The highest BCUT2D eigenvalue weighted by atomic mass is 16.5. The van der Waals surface area contributed by atoms with Gasteiger partial charge in [-0.3, -0.25) is 4.79 Å². The minimum Gasteiger partial charge on any atom is -0.497 e. The van der Waals surface area contributed by atoms with Gasteiger partial charge in [-0.25, -0.2) is 9.48 Å². The number of hydrogen-bond donors (Lipinski definition) is 1. The molecule has 1 aromatic heterocycles. The third kappa shape index (κ3) is 4.27. The summed E-state index contributed by atoms with van der Waals surface area (Å²) in [4.78, 5) is 24.7. The molecular weight excluding hydrogens is 386 g/mol. The largest absolute Gasteiger partial charge is 0.497 e. The zero-order valence-electron chi connectivity index (χ0n) is 17.3. The Labute approximate surface area is 174 Å². The predicted molar refractivity (Wildman–Crippen MR) is 112 cm³/mol. The van der Waals surface area contributed by atoms with Gasteiger partial charge < -0.3 is 19.5 Å². The average Bonchev–Trinajstić information content (AvgIpc) is 3.15. The molecular formula is C22H23N3O5. The summed E-state index contributed by atoms with van der Waals surface area (Å²) in [6, 6.07) is 12.1. The van der Waals surface area contributed by atoms with Crippen LogP contribution >= 0.6 is 0 Å². The quantitative estimate of drug-likeness (QED) is 0.599. The summed E-state index contributed by atoms with van der Waals surface area (Å²) in [5.74, 6) is 0.280. The van der Waals surface area contributed by atoms with Crippen molar-refractivity contribution in [3.8, 4) is 17.2 Å². The first-order chi connectivity index (χ1) is 14.5. The molecule has 0 aliphatic rings. The van der Waals surface area contributed by atoms with Crippen LogP contribution in [-0.4, -0.2) is 42.5 Å². The fraction of sp³-hybridized carbons (Fsp3) is 0.227. The summed E-state index contributed by atoms with van der Waals surface area (Å²) >= 11 is 0. The van der Waals surface area contributed by atoms with Crippen molar-refractivity contribution in [3.05, 3.63) is 65.5 Å². The van der Waals surface area contributed by atoms with Gasteiger partial charge in [0.2, 0.25) is 0 Å². The van der Waals surface area contributed by atoms with Crippen LogP contribution in [0.5, 0.6) is 11.5 Å². The Morgan fingerprint density at radius 2 is 1.77 bits per heavy atom. The Morgan fingerprint density at radius 1 is 1.03 bits per heavy atom. The standard InChI is InChI=1S/C22H23N3O5/c1-5-30-22(27)19-13-23-25(14(19)2)16-8-6-15(7-9-16)24-21(26)18-12-17(28-3)10-11-20(18)29-4/h6-13H,5H2,1-4H3,(H,24,26). The van der Waals surface area contributed by atoms with Crippen LogP contribution < -0.4 is 14.8 Å². The molecule has 1 heterocycles. The lowest BCUT2D eigenvalue weighted by Crippen LogP contribution is -2.13. The minimum absolute atomic E-state index is 0.302. The van der Waals surface area contributed by atoms with Gasteiger partial charge in [0, 0.05) is 5.69 Å². The average molecular weight is 409 g/mol. The van der Waals surface area contributed by atoms with Gasteiger partial charge in [-0.05, 0) is 56.3 Å². The van der Waals surface area contributed by atoms with Gasteiger partial charge in [-0.15, -0.1) is 0 Å². The molecule has 0 fully saturated rings. The van der Waals surface area contributed by atoms with Crippen LogP contribution in [0.3, 0.4) is 0 Å². The SMILES string of the molecule is CCOC(=O)c1cnn(-c2ccc(NC(=O)c3cc(OC)ccc3OC)cc2)c1C. The Morgan fingerprint density at radius 3 is 2.40 bits per heavy atom. The predicted octanol–water partition coefficient (Wildman–Crippen LogP) is 3.63. The maximum Gasteiger partial charge on any atom is 0.341 e. The first-order valence-electron chi connectivity index (χ1n) is 9.34. The van der Waals surface area contributed by atoms with E-state index in [1.54, 1.807) is 61.0 Å². The fourth-order valence-electron chi connectivity index (χ4n) is 2.96. The molecule has 8 heteroatoms. The minimum atomic E-state index is -0.405. The number of nitrogens with zero attached hydrogens (tertiary/aromatic N) is 2. The molecule has 3 aromatic rings. The van der Waals surface area contributed by atoms with Crippen molar-refractivity contribution < 1.29 is 23.8 Å². The van der Waals surface area contributed by atoms with Gasteiger partial charge in [0.15, 0.2) is 0 Å². The summed E-state index contributed by atoms with van der Waals surface area (Å²) in [5.41, 5.74) is 2.80. The first-order valence-corrected chi connectivity index (χ1v) is 9.34. The third-order valence-corrected chi connectivity index (χ3v) is 4.53. The number of methoxy groups -OCH3 is 2. The van der Waals surface area contributed by atoms with Crippen molar-refractivity contribution in [2.75, 3.05) is 26.1 Å². The number of benzene rings is 2. The topological polar surface area (TPSA) is 91.7 Å². The summed E-state index contributed by atoms with van der Waals surface area (Å²) in [7, 11) is 3.04. The summed E-state index contributed by atoms with van der Waals surface area (Å²) in [6.07, 6.45) is 1.48. The van der Waals surface area contributed by atoms with E-state index in [0.717, 1.165) is 5.69 Å². The van der Waals surface area contributed by atoms with E-state index in [1.165, 1.54) is 20.4 Å². The van der Waals surface area contributed by atoms with Gasteiger partial charge in [0.05, 0.1) is 44.0 Å². The van der Waals surface area contributed by atoms with Crippen molar-refractivity contribution >= 4 is 17.6 Å². The molecule has 8 nitrogen and oxygen atoms in total. The van der Waals surface area contributed by atoms with E-state index in [2.05, 4.69) is 10.4 Å². The fourth-order valence-corrected chi connectivity index (χ4v) is 2.96. The monoisotopic (exact) mass is 409 g/mol. The number of aromatic nitrogens is 2. The Bertz CT molecular complexity index is 1060. The van der Waals surface area contributed by atoms with Crippen LogP contribution in [0.15, 0.2) is 48.7 Å². The highest BCUT2D eigenvalue weighted by molar-refractivity contribution is 6.06. The van der Waals surface area contributed by atoms with E-state index < -0.39 is 5.97 Å². The molecule has 30 heavy (non-hydrogen) atoms. The molecule has 156 valence electrons. The molecule has 0 aliphatic heterocycles. The Kier molecular flexibility index (Phi) is 6.36. The number of carbonyl (C=O) groups excluding carboxylic acids is 2. The molecule has 1 N–H and O–H groups in total. The van der Waals surface area contributed by atoms with Gasteiger partial charge in [-0.1, -0.05) is 0 Å². The van der Waals surface area contributed by atoms with Gasteiger partial charge in [-0.2, -0.15) is 5.10 Å². The summed E-state index contributed by atoms with van der Waals surface area (Å²) in [5, 5.41) is 7.11. The molecule has 0 spiro atoms. The van der Waals surface area contributed by atoms with Crippen molar-refractivity contribution in [2.45, 2.75) is 13.8 Å². The molecule has 0 radical (unpaired) electrons. The number of ether oxygens (including phenoxy) is 3. The number of rotatable bonds is 7. The smallest absolute Gasteiger partial charge is 0.341 e. The third-order valence-electron chi connectivity index (χ3n) is 4.53. The van der Waals surface area contributed by atoms with E-state index in [0.29, 0.717) is 40.6 Å². The first kappa shape index (κ1) is 20.9. The normalized spacial score (nSPS) is 10.4. The molecule has 0 atom stereocenters. The molecule has 1 amide bonds. The molecule has 0 saturated carbocycles. The zero-order chi connectivity index (χ0) is 21.7. The van der Waals surface area contributed by atoms with Crippen LogP contribution in [0.2, 0.25) is 0 Å². The maximum absolute atomic E-state index is 12.7. The number of esters is 1. The van der Waals surface area contributed by atoms with Gasteiger partial charge >= 0.3 is 5.97 Å². The maximum atomic E-state index is 12.7. The second-order valence-electron chi connectivity index (χ2n) is 6.34. The highest BCUT2D eigenvalue weighted by Gasteiger charge is 2.17.